The van der Waals surface area contributed by atoms with Crippen molar-refractivity contribution in [3.63, 3.8) is 0 Å². The summed E-state index contributed by atoms with van der Waals surface area (Å²) in [5.74, 6) is -1.16. The molecule has 0 saturated heterocycles. The Kier molecular flexibility index (Phi) is 5.27. The number of carboxylic acids is 1. The van der Waals surface area contributed by atoms with E-state index >= 15 is 0 Å². The number of hydrogen-bond acceptors (Lipinski definition) is 5. The van der Waals surface area contributed by atoms with Crippen LogP contribution in [-0.4, -0.2) is 24.4 Å². The molecular weight excluding hydrogens is 336 g/mol. The van der Waals surface area contributed by atoms with E-state index in [1.807, 2.05) is 0 Å². The summed E-state index contributed by atoms with van der Waals surface area (Å²) in [5, 5.41) is 19.6. The third kappa shape index (κ3) is 4.37. The maximum absolute atomic E-state index is 12.4. The average molecular weight is 350 g/mol. The molecule has 0 spiro atoms. The number of nitrogens with zero attached hydrogens (tertiary/aromatic N) is 1. The largest absolute Gasteiger partial charge is 0.481 e. The molecule has 2 rings (SSSR count). The fraction of sp³-hybridized carbons (Fsp3) is 0.133. The Bertz CT molecular complexity index is 834. The molecule has 0 aromatic heterocycles. The molecule has 9 heteroatoms. The molecule has 1 atom stereocenters. The fourth-order valence-electron chi connectivity index (χ4n) is 2.09. The third-order valence-electron chi connectivity index (χ3n) is 3.24. The van der Waals surface area contributed by atoms with Crippen molar-refractivity contribution >= 4 is 21.7 Å². The Balaban J connectivity index is 2.29. The predicted octanol–water partition coefficient (Wildman–Crippen LogP) is 2.09. The maximum Gasteiger partial charge on any atom is 0.305 e. The molecule has 24 heavy (non-hydrogen) atoms. The maximum atomic E-state index is 12.4. The van der Waals surface area contributed by atoms with Crippen LogP contribution in [0.2, 0.25) is 0 Å². The SMILES string of the molecule is O=C(O)C[C@H](NS(=O)(=O)c1ccc([N+](=O)[O-])cc1)c1ccccc1. The van der Waals surface area contributed by atoms with Gasteiger partial charge in [0.15, 0.2) is 0 Å². The first-order valence-corrected chi connectivity index (χ1v) is 8.31. The molecule has 0 bridgehead atoms. The van der Waals surface area contributed by atoms with E-state index in [1.54, 1.807) is 30.3 Å². The second-order valence-electron chi connectivity index (χ2n) is 4.93. The van der Waals surface area contributed by atoms with Gasteiger partial charge in [0.05, 0.1) is 22.3 Å². The van der Waals surface area contributed by atoms with Crippen molar-refractivity contribution in [1.29, 1.82) is 0 Å². The minimum absolute atomic E-state index is 0.181. The number of carbonyl (C=O) groups is 1. The van der Waals surface area contributed by atoms with Gasteiger partial charge in [0.25, 0.3) is 5.69 Å². The van der Waals surface area contributed by atoms with Crippen LogP contribution in [0.25, 0.3) is 0 Å². The lowest BCUT2D eigenvalue weighted by Crippen LogP contribution is -2.30. The summed E-state index contributed by atoms with van der Waals surface area (Å²) in [7, 11) is -4.03. The number of nitro groups is 1. The second-order valence-corrected chi connectivity index (χ2v) is 6.65. The zero-order valence-electron chi connectivity index (χ0n) is 12.3. The van der Waals surface area contributed by atoms with E-state index in [0.717, 1.165) is 24.3 Å². The van der Waals surface area contributed by atoms with Crippen molar-refractivity contribution < 1.29 is 23.2 Å². The van der Waals surface area contributed by atoms with Crippen LogP contribution in [0.1, 0.15) is 18.0 Å². The summed E-state index contributed by atoms with van der Waals surface area (Å²) in [5.41, 5.74) is 0.268. The Labute approximate surface area is 138 Å². The van der Waals surface area contributed by atoms with Crippen molar-refractivity contribution in [2.45, 2.75) is 17.4 Å². The highest BCUT2D eigenvalue weighted by molar-refractivity contribution is 7.89. The molecule has 0 saturated carbocycles. The molecule has 2 N–H and O–H groups in total. The molecule has 0 heterocycles. The summed E-state index contributed by atoms with van der Waals surface area (Å²) in [6.07, 6.45) is -0.434. The summed E-state index contributed by atoms with van der Waals surface area (Å²) in [6.45, 7) is 0. The number of hydrogen-bond donors (Lipinski definition) is 2. The number of carboxylic acid groups (broad SMARTS) is 1. The van der Waals surface area contributed by atoms with E-state index in [1.165, 1.54) is 0 Å². The van der Waals surface area contributed by atoms with Gasteiger partial charge in [-0.05, 0) is 17.7 Å². The predicted molar refractivity (Wildman–Crippen MR) is 84.9 cm³/mol. The number of rotatable bonds is 7. The standard InChI is InChI=1S/C15H14N2O6S/c18-15(19)10-14(11-4-2-1-3-5-11)16-24(22,23)13-8-6-12(7-9-13)17(20)21/h1-9,14,16H,10H2,(H,18,19)/t14-/m0/s1. The van der Waals surface area contributed by atoms with Gasteiger partial charge in [-0.25, -0.2) is 13.1 Å². The monoisotopic (exact) mass is 350 g/mol. The minimum atomic E-state index is -4.03. The van der Waals surface area contributed by atoms with Gasteiger partial charge in [0.1, 0.15) is 0 Å². The topological polar surface area (TPSA) is 127 Å². The minimum Gasteiger partial charge on any atom is -0.481 e. The van der Waals surface area contributed by atoms with Gasteiger partial charge in [-0.2, -0.15) is 0 Å². The van der Waals surface area contributed by atoms with Gasteiger partial charge in [-0.15, -0.1) is 0 Å². The smallest absolute Gasteiger partial charge is 0.305 e. The summed E-state index contributed by atoms with van der Waals surface area (Å²) in [6, 6.07) is 11.7. The Morgan fingerprint density at radius 2 is 1.71 bits per heavy atom. The van der Waals surface area contributed by atoms with E-state index in [-0.39, 0.29) is 10.6 Å². The van der Waals surface area contributed by atoms with Crippen molar-refractivity contribution in [2.75, 3.05) is 0 Å². The number of nitrogens with one attached hydrogen (secondary N) is 1. The van der Waals surface area contributed by atoms with Crippen molar-refractivity contribution in [1.82, 2.24) is 4.72 Å². The van der Waals surface area contributed by atoms with E-state index in [2.05, 4.69) is 4.72 Å². The van der Waals surface area contributed by atoms with Gasteiger partial charge in [0.2, 0.25) is 10.0 Å². The van der Waals surface area contributed by atoms with Crippen molar-refractivity contribution in [2.24, 2.45) is 0 Å². The second kappa shape index (κ2) is 7.20. The molecule has 2 aromatic rings. The molecule has 0 unspecified atom stereocenters. The summed E-state index contributed by atoms with van der Waals surface area (Å²) in [4.78, 5) is 20.8. The summed E-state index contributed by atoms with van der Waals surface area (Å²) < 4.78 is 27.1. The van der Waals surface area contributed by atoms with Crippen LogP contribution in [-0.2, 0) is 14.8 Å². The molecule has 126 valence electrons. The molecule has 8 nitrogen and oxygen atoms in total. The lowest BCUT2D eigenvalue weighted by molar-refractivity contribution is -0.384. The van der Waals surface area contributed by atoms with Crippen LogP contribution in [0.5, 0.6) is 0 Å². The zero-order valence-corrected chi connectivity index (χ0v) is 13.1. The fourth-order valence-corrected chi connectivity index (χ4v) is 3.31. The highest BCUT2D eigenvalue weighted by Gasteiger charge is 2.24. The Morgan fingerprint density at radius 3 is 2.21 bits per heavy atom. The van der Waals surface area contributed by atoms with Gasteiger partial charge < -0.3 is 5.11 Å². The van der Waals surface area contributed by atoms with E-state index in [9.17, 15) is 23.3 Å². The van der Waals surface area contributed by atoms with Gasteiger partial charge in [0, 0.05) is 12.1 Å². The van der Waals surface area contributed by atoms with E-state index < -0.39 is 33.4 Å². The lowest BCUT2D eigenvalue weighted by Gasteiger charge is -2.17. The molecule has 0 aliphatic heterocycles. The number of nitro benzene ring substituents is 1. The van der Waals surface area contributed by atoms with Crippen LogP contribution >= 0.6 is 0 Å². The molecule has 0 fully saturated rings. The molecule has 0 aliphatic rings. The van der Waals surface area contributed by atoms with Crippen LogP contribution in [0.15, 0.2) is 59.5 Å². The average Bonchev–Trinajstić information content (AvgIpc) is 2.54. The number of non-ortho nitro benzene ring substituents is 1. The molecular formula is C15H14N2O6S. The zero-order chi connectivity index (χ0) is 17.7. The molecule has 0 radical (unpaired) electrons. The highest BCUT2D eigenvalue weighted by Crippen LogP contribution is 2.21. The quantitative estimate of drug-likeness (QED) is 0.581. The normalized spacial score (nSPS) is 12.5. The number of benzene rings is 2. The van der Waals surface area contributed by atoms with E-state index in [0.29, 0.717) is 5.56 Å². The van der Waals surface area contributed by atoms with Crippen LogP contribution < -0.4 is 4.72 Å². The van der Waals surface area contributed by atoms with Gasteiger partial charge in [-0.1, -0.05) is 30.3 Å². The Hall–Kier alpha value is -2.78. The van der Waals surface area contributed by atoms with Gasteiger partial charge in [-0.3, -0.25) is 14.9 Å². The molecule has 0 aliphatic carbocycles. The van der Waals surface area contributed by atoms with Crippen LogP contribution in [0.3, 0.4) is 0 Å². The molecule has 2 aromatic carbocycles. The van der Waals surface area contributed by atoms with Crippen molar-refractivity contribution in [3.8, 4) is 0 Å². The Morgan fingerprint density at radius 1 is 1.12 bits per heavy atom. The van der Waals surface area contributed by atoms with Crippen LogP contribution in [0.4, 0.5) is 5.69 Å². The number of sulfonamides is 1. The summed E-state index contributed by atoms with van der Waals surface area (Å²) >= 11 is 0. The van der Waals surface area contributed by atoms with Crippen LogP contribution in [0, 0.1) is 10.1 Å². The third-order valence-corrected chi connectivity index (χ3v) is 4.72. The van der Waals surface area contributed by atoms with E-state index in [4.69, 9.17) is 5.11 Å². The van der Waals surface area contributed by atoms with Gasteiger partial charge >= 0.3 is 5.97 Å². The first kappa shape index (κ1) is 17.6. The lowest BCUT2D eigenvalue weighted by atomic mass is 10.1. The number of aliphatic carboxylic acids is 1. The first-order valence-electron chi connectivity index (χ1n) is 6.83. The highest BCUT2D eigenvalue weighted by atomic mass is 32.2. The van der Waals surface area contributed by atoms with Crippen molar-refractivity contribution in [3.05, 3.63) is 70.3 Å². The first-order chi connectivity index (χ1) is 11.3. The molecule has 0 amide bonds.